The van der Waals surface area contributed by atoms with E-state index in [-0.39, 0.29) is 11.1 Å². The van der Waals surface area contributed by atoms with Gasteiger partial charge in [0.25, 0.3) is 0 Å². The highest BCUT2D eigenvalue weighted by Crippen LogP contribution is 2.44. The third kappa shape index (κ3) is 4.53. The highest BCUT2D eigenvalue weighted by molar-refractivity contribution is 6.48. The Bertz CT molecular complexity index is 1020. The van der Waals surface area contributed by atoms with E-state index in [1.807, 2.05) is 0 Å². The predicted molar refractivity (Wildman–Crippen MR) is 99.3 cm³/mol. The minimum absolute atomic E-state index is 0.0511. The van der Waals surface area contributed by atoms with E-state index >= 15 is 4.39 Å². The van der Waals surface area contributed by atoms with Gasteiger partial charge in [-0.25, -0.2) is 17.6 Å². The molecule has 0 radical (unpaired) electrons. The average Bonchev–Trinajstić information content (AvgIpc) is 2.68. The maximum absolute atomic E-state index is 15.1. The number of benzene rings is 2. The Morgan fingerprint density at radius 1 is 0.967 bits per heavy atom. The summed E-state index contributed by atoms with van der Waals surface area (Å²) in [5, 5.41) is -1.05. The summed E-state index contributed by atoms with van der Waals surface area (Å²) in [7, 11) is 0. The zero-order chi connectivity index (χ0) is 23.0. The molecule has 0 fully saturated rings. The topological polar surface area (TPSA) is 43.1 Å². The second kappa shape index (κ2) is 8.64. The van der Waals surface area contributed by atoms with Gasteiger partial charge >= 0.3 is 6.18 Å². The number of hydrogen-bond donors (Lipinski definition) is 1. The SMILES string of the molecule is NC(=O)c1ccc(C(F)=C(F)C(F)(CF)c2cc(Cl)c(Cl)c(Cl)c2)cc1C(F)(F)F. The second-order valence-electron chi connectivity index (χ2n) is 5.94. The van der Waals surface area contributed by atoms with Crippen molar-refractivity contribution in [2.24, 2.45) is 5.73 Å². The minimum atomic E-state index is -5.17. The first-order valence-electron chi connectivity index (χ1n) is 7.71. The fourth-order valence-electron chi connectivity index (χ4n) is 2.48. The molecule has 0 aliphatic carbocycles. The molecule has 0 aromatic heterocycles. The van der Waals surface area contributed by atoms with Crippen LogP contribution in [0.4, 0.5) is 30.7 Å². The number of carbonyl (C=O) groups is 1. The van der Waals surface area contributed by atoms with Gasteiger partial charge in [-0.2, -0.15) is 13.2 Å². The Hall–Kier alpha value is -1.97. The molecule has 2 rings (SSSR count). The lowest BCUT2D eigenvalue weighted by Crippen LogP contribution is -2.25. The third-order valence-corrected chi connectivity index (χ3v) is 5.21. The second-order valence-corrected chi connectivity index (χ2v) is 7.13. The maximum Gasteiger partial charge on any atom is 0.417 e. The molecule has 1 amide bonds. The van der Waals surface area contributed by atoms with Crippen molar-refractivity contribution in [1.29, 1.82) is 0 Å². The quantitative estimate of drug-likeness (QED) is 0.346. The molecule has 0 bridgehead atoms. The van der Waals surface area contributed by atoms with Crippen molar-refractivity contribution < 1.29 is 35.5 Å². The van der Waals surface area contributed by atoms with Gasteiger partial charge in [0, 0.05) is 11.1 Å². The van der Waals surface area contributed by atoms with Crippen LogP contribution in [0.15, 0.2) is 36.2 Å². The smallest absolute Gasteiger partial charge is 0.366 e. The lowest BCUT2D eigenvalue weighted by Gasteiger charge is -2.22. The number of nitrogens with two attached hydrogens (primary N) is 1. The van der Waals surface area contributed by atoms with Gasteiger partial charge < -0.3 is 5.73 Å². The normalized spacial score (nSPS) is 14.9. The van der Waals surface area contributed by atoms with Crippen LogP contribution in [0.25, 0.3) is 5.83 Å². The Labute approximate surface area is 180 Å². The molecule has 0 saturated heterocycles. The van der Waals surface area contributed by atoms with Crippen molar-refractivity contribution in [3.63, 3.8) is 0 Å². The molecule has 0 saturated carbocycles. The van der Waals surface area contributed by atoms with Crippen molar-refractivity contribution in [2.45, 2.75) is 11.8 Å². The highest BCUT2D eigenvalue weighted by Gasteiger charge is 2.42. The summed E-state index contributed by atoms with van der Waals surface area (Å²) in [4.78, 5) is 11.2. The van der Waals surface area contributed by atoms with E-state index in [9.17, 15) is 31.1 Å². The molecule has 0 aliphatic heterocycles. The van der Waals surface area contributed by atoms with Gasteiger partial charge in [0.05, 0.1) is 26.2 Å². The molecule has 12 heteroatoms. The van der Waals surface area contributed by atoms with E-state index in [0.717, 1.165) is 0 Å². The van der Waals surface area contributed by atoms with E-state index in [0.29, 0.717) is 24.3 Å². The zero-order valence-corrected chi connectivity index (χ0v) is 16.6. The van der Waals surface area contributed by atoms with Crippen LogP contribution in [-0.4, -0.2) is 12.6 Å². The maximum atomic E-state index is 15.1. The van der Waals surface area contributed by atoms with Crippen LogP contribution in [-0.2, 0) is 11.8 Å². The number of allylic oxidation sites excluding steroid dienone is 1. The Morgan fingerprint density at radius 3 is 1.93 bits per heavy atom. The molecule has 0 heterocycles. The monoisotopic (exact) mass is 493 g/mol. The van der Waals surface area contributed by atoms with Crippen LogP contribution in [0.3, 0.4) is 0 Å². The number of rotatable bonds is 5. The van der Waals surface area contributed by atoms with Crippen LogP contribution < -0.4 is 5.73 Å². The lowest BCUT2D eigenvalue weighted by molar-refractivity contribution is -0.137. The molecule has 30 heavy (non-hydrogen) atoms. The number of halogens is 10. The molecule has 162 valence electrons. The Kier molecular flexibility index (Phi) is 7.00. The van der Waals surface area contributed by atoms with Gasteiger partial charge in [-0.05, 0) is 24.3 Å². The van der Waals surface area contributed by atoms with Gasteiger partial charge in [0.15, 0.2) is 11.7 Å². The standard InChI is InChI=1S/C18H9Cl3F7NO/c19-11-4-8(5-12(20)13(11)21)17(25,6-22)15(24)14(23)7-1-2-9(16(29)30)10(3-7)18(26,27)28/h1-5H,6H2,(H2,29,30). The van der Waals surface area contributed by atoms with Crippen molar-refractivity contribution >= 4 is 46.5 Å². The van der Waals surface area contributed by atoms with Crippen molar-refractivity contribution in [1.82, 2.24) is 0 Å². The lowest BCUT2D eigenvalue weighted by atomic mass is 9.93. The number of primary amides is 1. The van der Waals surface area contributed by atoms with E-state index in [4.69, 9.17) is 40.5 Å². The summed E-state index contributed by atoms with van der Waals surface area (Å²) in [6.07, 6.45) is -5.17. The number of hydrogen-bond acceptors (Lipinski definition) is 1. The molecule has 1 unspecified atom stereocenters. The van der Waals surface area contributed by atoms with E-state index in [2.05, 4.69) is 0 Å². The largest absolute Gasteiger partial charge is 0.417 e. The minimum Gasteiger partial charge on any atom is -0.366 e. The van der Waals surface area contributed by atoms with Crippen LogP contribution in [0, 0.1) is 0 Å². The summed E-state index contributed by atoms with van der Waals surface area (Å²) in [6.45, 7) is -2.15. The van der Waals surface area contributed by atoms with Crippen LogP contribution in [0.1, 0.15) is 27.0 Å². The first-order chi connectivity index (χ1) is 13.7. The van der Waals surface area contributed by atoms with Crippen molar-refractivity contribution in [3.8, 4) is 0 Å². The number of carbonyl (C=O) groups excluding carboxylic acids is 1. The molecular weight excluding hydrogens is 486 g/mol. The molecular formula is C18H9Cl3F7NO. The predicted octanol–water partition coefficient (Wildman–Crippen LogP) is 7.21. The van der Waals surface area contributed by atoms with Gasteiger partial charge in [-0.3, -0.25) is 4.79 Å². The fourth-order valence-corrected chi connectivity index (χ4v) is 3.07. The fraction of sp³-hybridized carbons (Fsp3) is 0.167. The number of amides is 1. The van der Waals surface area contributed by atoms with Gasteiger partial charge in [0.2, 0.25) is 11.6 Å². The molecule has 2 N–H and O–H groups in total. The summed E-state index contributed by atoms with van der Waals surface area (Å²) in [5.41, 5.74) is -3.60. The first-order valence-corrected chi connectivity index (χ1v) is 8.84. The van der Waals surface area contributed by atoms with Gasteiger partial charge in [-0.1, -0.05) is 40.9 Å². The highest BCUT2D eigenvalue weighted by atomic mass is 35.5. The van der Waals surface area contributed by atoms with E-state index in [1.54, 1.807) is 0 Å². The average molecular weight is 495 g/mol. The molecule has 2 aromatic rings. The van der Waals surface area contributed by atoms with Crippen LogP contribution in [0.5, 0.6) is 0 Å². The summed E-state index contributed by atoms with van der Waals surface area (Å²) < 4.78 is 97.2. The molecule has 1 atom stereocenters. The van der Waals surface area contributed by atoms with E-state index in [1.165, 1.54) is 0 Å². The van der Waals surface area contributed by atoms with Gasteiger partial charge in [-0.15, -0.1) is 0 Å². The molecule has 2 nitrogen and oxygen atoms in total. The molecule has 0 aliphatic rings. The molecule has 2 aromatic carbocycles. The third-order valence-electron chi connectivity index (χ3n) is 4.01. The van der Waals surface area contributed by atoms with Crippen LogP contribution >= 0.6 is 34.8 Å². The summed E-state index contributed by atoms with van der Waals surface area (Å²) >= 11 is 17.1. The number of alkyl halides is 5. The van der Waals surface area contributed by atoms with Crippen molar-refractivity contribution in [3.05, 3.63) is 73.5 Å². The summed E-state index contributed by atoms with van der Waals surface area (Å²) in [5.74, 6) is -5.99. The van der Waals surface area contributed by atoms with E-state index < -0.39 is 68.4 Å². The molecule has 0 spiro atoms. The van der Waals surface area contributed by atoms with Crippen LogP contribution in [0.2, 0.25) is 15.1 Å². The summed E-state index contributed by atoms with van der Waals surface area (Å²) in [6, 6.07) is 2.48. The Balaban J connectivity index is 2.70. The zero-order valence-electron chi connectivity index (χ0n) is 14.4. The van der Waals surface area contributed by atoms with Gasteiger partial charge in [0.1, 0.15) is 6.67 Å². The first kappa shape index (κ1) is 24.3. The van der Waals surface area contributed by atoms with Crippen molar-refractivity contribution in [2.75, 3.05) is 6.67 Å². The Morgan fingerprint density at radius 2 is 1.50 bits per heavy atom.